The molecule has 1 aliphatic rings. The molecule has 0 aromatic heterocycles. The summed E-state index contributed by atoms with van der Waals surface area (Å²) in [5, 5.41) is 3.02. The fraction of sp³-hybridized carbons (Fsp3) is 0.533. The summed E-state index contributed by atoms with van der Waals surface area (Å²) in [6, 6.07) is 6.17. The summed E-state index contributed by atoms with van der Waals surface area (Å²) in [4.78, 5) is 14.2. The monoisotopic (exact) mass is 333 g/mol. The number of halogens is 2. The van der Waals surface area contributed by atoms with Crippen LogP contribution >= 0.6 is 24.8 Å². The van der Waals surface area contributed by atoms with E-state index in [0.29, 0.717) is 13.0 Å². The zero-order chi connectivity index (χ0) is 13.7. The second-order valence-corrected chi connectivity index (χ2v) is 5.09. The third-order valence-electron chi connectivity index (χ3n) is 3.47. The van der Waals surface area contributed by atoms with E-state index in [-0.39, 0.29) is 30.7 Å². The molecule has 0 spiro atoms. The van der Waals surface area contributed by atoms with Gasteiger partial charge in [-0.15, -0.1) is 24.8 Å². The Morgan fingerprint density at radius 1 is 1.33 bits per heavy atom. The molecule has 0 saturated heterocycles. The summed E-state index contributed by atoms with van der Waals surface area (Å²) < 4.78 is 0. The van der Waals surface area contributed by atoms with Crippen LogP contribution in [0.5, 0.6) is 0 Å². The highest BCUT2D eigenvalue weighted by Crippen LogP contribution is 2.29. The minimum atomic E-state index is 0. The third kappa shape index (κ3) is 5.47. The van der Waals surface area contributed by atoms with E-state index in [1.54, 1.807) is 0 Å². The Bertz CT molecular complexity index is 455. The minimum Gasteiger partial charge on any atom is -0.330 e. The van der Waals surface area contributed by atoms with Crippen LogP contribution < -0.4 is 11.1 Å². The second kappa shape index (κ2) is 10.0. The first-order valence-corrected chi connectivity index (χ1v) is 7.07. The predicted molar refractivity (Wildman–Crippen MR) is 92.3 cm³/mol. The van der Waals surface area contributed by atoms with Crippen LogP contribution in [0.25, 0.3) is 0 Å². The molecule has 0 radical (unpaired) electrons. The number of nitrogens with zero attached hydrogens (tertiary/aromatic N) is 1. The van der Waals surface area contributed by atoms with Gasteiger partial charge in [-0.2, -0.15) is 0 Å². The maximum atomic E-state index is 11.8. The first kappa shape index (κ1) is 20.2. The van der Waals surface area contributed by atoms with Crippen LogP contribution in [-0.2, 0) is 17.9 Å². The zero-order valence-electron chi connectivity index (χ0n) is 12.4. The topological polar surface area (TPSA) is 58.4 Å². The number of hydrogen-bond acceptors (Lipinski definition) is 3. The van der Waals surface area contributed by atoms with Crippen molar-refractivity contribution in [1.29, 1.82) is 0 Å². The maximum absolute atomic E-state index is 11.8. The summed E-state index contributed by atoms with van der Waals surface area (Å²) in [5.41, 5.74) is 9.01. The molecule has 0 saturated carbocycles. The van der Waals surface area contributed by atoms with Crippen molar-refractivity contribution in [2.75, 3.05) is 18.4 Å². The van der Waals surface area contributed by atoms with E-state index in [4.69, 9.17) is 5.73 Å². The van der Waals surface area contributed by atoms with E-state index in [1.807, 2.05) is 12.1 Å². The Hall–Kier alpha value is -0.810. The van der Waals surface area contributed by atoms with E-state index < -0.39 is 0 Å². The maximum Gasteiger partial charge on any atom is 0.224 e. The molecule has 0 bridgehead atoms. The van der Waals surface area contributed by atoms with E-state index >= 15 is 0 Å². The van der Waals surface area contributed by atoms with E-state index in [1.165, 1.54) is 11.1 Å². The van der Waals surface area contributed by atoms with Crippen LogP contribution in [-0.4, -0.2) is 23.9 Å². The average molecular weight is 334 g/mol. The SMILES string of the molecule is CCCN1Cc2cccc(NC(=O)CCCN)c2C1.Cl.Cl. The molecule has 0 unspecified atom stereocenters. The van der Waals surface area contributed by atoms with E-state index in [2.05, 4.69) is 23.2 Å². The van der Waals surface area contributed by atoms with Crippen LogP contribution in [0.3, 0.4) is 0 Å². The molecule has 6 heteroatoms. The quantitative estimate of drug-likeness (QED) is 0.841. The first-order chi connectivity index (χ1) is 9.24. The van der Waals surface area contributed by atoms with Gasteiger partial charge in [-0.05, 0) is 43.1 Å². The second-order valence-electron chi connectivity index (χ2n) is 5.09. The molecule has 2 rings (SSSR count). The Labute approximate surface area is 139 Å². The molecular formula is C15H25Cl2N3O. The summed E-state index contributed by atoms with van der Waals surface area (Å²) in [6.45, 7) is 5.80. The smallest absolute Gasteiger partial charge is 0.224 e. The molecule has 0 aliphatic carbocycles. The number of benzene rings is 1. The van der Waals surface area contributed by atoms with Crippen molar-refractivity contribution < 1.29 is 4.79 Å². The standard InChI is InChI=1S/C15H23N3O.2ClH/c1-2-9-18-10-12-5-3-6-14(13(12)11-18)17-15(19)7-4-8-16;;/h3,5-6H,2,4,7-11,16H2,1H3,(H,17,19);2*1H. The molecule has 1 amide bonds. The molecule has 1 aromatic carbocycles. The fourth-order valence-corrected chi connectivity index (χ4v) is 2.56. The first-order valence-electron chi connectivity index (χ1n) is 7.07. The summed E-state index contributed by atoms with van der Waals surface area (Å²) in [5.74, 6) is 0.0628. The van der Waals surface area contributed by atoms with Crippen molar-refractivity contribution in [3.8, 4) is 0 Å². The number of hydrogen-bond donors (Lipinski definition) is 2. The molecule has 1 heterocycles. The van der Waals surface area contributed by atoms with Gasteiger partial charge >= 0.3 is 0 Å². The van der Waals surface area contributed by atoms with Crippen molar-refractivity contribution in [3.05, 3.63) is 29.3 Å². The number of carbonyl (C=O) groups excluding carboxylic acids is 1. The van der Waals surface area contributed by atoms with Crippen LogP contribution in [0.1, 0.15) is 37.3 Å². The van der Waals surface area contributed by atoms with Gasteiger partial charge in [0.25, 0.3) is 0 Å². The van der Waals surface area contributed by atoms with Crippen molar-refractivity contribution >= 4 is 36.4 Å². The Morgan fingerprint density at radius 2 is 2.10 bits per heavy atom. The largest absolute Gasteiger partial charge is 0.330 e. The van der Waals surface area contributed by atoms with Crippen molar-refractivity contribution in [3.63, 3.8) is 0 Å². The van der Waals surface area contributed by atoms with Crippen LogP contribution in [0.2, 0.25) is 0 Å². The van der Waals surface area contributed by atoms with Gasteiger partial charge in [-0.1, -0.05) is 19.1 Å². The third-order valence-corrected chi connectivity index (χ3v) is 3.47. The number of fused-ring (bicyclic) bond motifs is 1. The average Bonchev–Trinajstić information content (AvgIpc) is 2.80. The summed E-state index contributed by atoms with van der Waals surface area (Å²) >= 11 is 0. The van der Waals surface area contributed by atoms with Gasteiger partial charge in [0.05, 0.1) is 0 Å². The number of nitrogens with one attached hydrogen (secondary N) is 1. The molecule has 120 valence electrons. The van der Waals surface area contributed by atoms with Gasteiger partial charge in [-0.25, -0.2) is 0 Å². The molecule has 21 heavy (non-hydrogen) atoms. The van der Waals surface area contributed by atoms with Gasteiger partial charge in [0.2, 0.25) is 5.91 Å². The van der Waals surface area contributed by atoms with Gasteiger partial charge in [0, 0.05) is 25.2 Å². The normalized spacial score (nSPS) is 13.0. The van der Waals surface area contributed by atoms with Gasteiger partial charge in [-0.3, -0.25) is 9.69 Å². The lowest BCUT2D eigenvalue weighted by Gasteiger charge is -2.13. The summed E-state index contributed by atoms with van der Waals surface area (Å²) in [7, 11) is 0. The highest BCUT2D eigenvalue weighted by molar-refractivity contribution is 5.91. The lowest BCUT2D eigenvalue weighted by molar-refractivity contribution is -0.116. The lowest BCUT2D eigenvalue weighted by atomic mass is 10.1. The lowest BCUT2D eigenvalue weighted by Crippen LogP contribution is -2.17. The Balaban J connectivity index is 0.00000200. The molecule has 1 aliphatic heterocycles. The molecule has 1 aromatic rings. The molecule has 0 fully saturated rings. The number of nitrogens with two attached hydrogens (primary N) is 1. The predicted octanol–water partition coefficient (Wildman–Crippen LogP) is 2.93. The number of rotatable bonds is 6. The van der Waals surface area contributed by atoms with E-state index in [0.717, 1.165) is 38.2 Å². The van der Waals surface area contributed by atoms with Crippen LogP contribution in [0, 0.1) is 0 Å². The van der Waals surface area contributed by atoms with Crippen molar-refractivity contribution in [1.82, 2.24) is 4.90 Å². The Morgan fingerprint density at radius 3 is 2.76 bits per heavy atom. The molecule has 3 N–H and O–H groups in total. The number of carbonyl (C=O) groups is 1. The minimum absolute atomic E-state index is 0. The zero-order valence-corrected chi connectivity index (χ0v) is 14.1. The van der Waals surface area contributed by atoms with Crippen LogP contribution in [0.15, 0.2) is 18.2 Å². The van der Waals surface area contributed by atoms with Gasteiger partial charge < -0.3 is 11.1 Å². The molecule has 4 nitrogen and oxygen atoms in total. The number of amides is 1. The molecular weight excluding hydrogens is 309 g/mol. The van der Waals surface area contributed by atoms with Gasteiger partial charge in [0.1, 0.15) is 0 Å². The van der Waals surface area contributed by atoms with Crippen LogP contribution in [0.4, 0.5) is 5.69 Å². The highest BCUT2D eigenvalue weighted by atomic mass is 35.5. The van der Waals surface area contributed by atoms with E-state index in [9.17, 15) is 4.79 Å². The highest BCUT2D eigenvalue weighted by Gasteiger charge is 2.21. The van der Waals surface area contributed by atoms with Crippen molar-refractivity contribution in [2.24, 2.45) is 5.73 Å². The number of anilines is 1. The fourth-order valence-electron chi connectivity index (χ4n) is 2.56. The van der Waals surface area contributed by atoms with Crippen molar-refractivity contribution in [2.45, 2.75) is 39.3 Å². The van der Waals surface area contributed by atoms with Gasteiger partial charge in [0.15, 0.2) is 0 Å². The summed E-state index contributed by atoms with van der Waals surface area (Å²) in [6.07, 6.45) is 2.40. The Kier molecular flexibility index (Phi) is 9.62. The molecule has 0 atom stereocenters.